The van der Waals surface area contributed by atoms with Crippen molar-refractivity contribution in [2.75, 3.05) is 5.73 Å². The summed E-state index contributed by atoms with van der Waals surface area (Å²) in [5.41, 5.74) is 6.21. The average molecular weight is 301 g/mol. The van der Waals surface area contributed by atoms with Gasteiger partial charge in [0.25, 0.3) is 0 Å². The van der Waals surface area contributed by atoms with Crippen LogP contribution < -0.4 is 10.5 Å². The number of nitrogens with two attached hydrogens (primary N) is 1. The van der Waals surface area contributed by atoms with Gasteiger partial charge in [-0.2, -0.15) is 0 Å². The van der Waals surface area contributed by atoms with Gasteiger partial charge in [-0.1, -0.05) is 11.6 Å². The minimum Gasteiger partial charge on any atom is -0.436 e. The highest BCUT2D eigenvalue weighted by molar-refractivity contribution is 9.10. The molecule has 0 unspecified atom stereocenters. The molecule has 2 rings (SSSR count). The van der Waals surface area contributed by atoms with Gasteiger partial charge in [-0.3, -0.25) is 0 Å². The van der Waals surface area contributed by atoms with Crippen LogP contribution >= 0.6 is 27.5 Å². The number of benzene rings is 1. The van der Waals surface area contributed by atoms with E-state index in [0.29, 0.717) is 26.8 Å². The number of rotatable bonds is 2. The maximum atomic E-state index is 5.96. The highest BCUT2D eigenvalue weighted by atomic mass is 79.9. The highest BCUT2D eigenvalue weighted by Gasteiger charge is 2.07. The number of nitrogens with zero attached hydrogens (tertiary/aromatic N) is 2. The SMILES string of the molecule is Nc1ccc(Cl)c(Oc2ncncc2Br)c1. The molecule has 0 radical (unpaired) electrons. The molecule has 0 atom stereocenters. The monoisotopic (exact) mass is 299 g/mol. The van der Waals surface area contributed by atoms with Gasteiger partial charge in [0, 0.05) is 18.0 Å². The molecule has 0 spiro atoms. The lowest BCUT2D eigenvalue weighted by Gasteiger charge is -2.07. The fraction of sp³-hybridized carbons (Fsp3) is 0. The molecule has 0 bridgehead atoms. The van der Waals surface area contributed by atoms with Crippen LogP contribution in [0.5, 0.6) is 11.6 Å². The van der Waals surface area contributed by atoms with Crippen molar-refractivity contribution < 1.29 is 4.74 Å². The summed E-state index contributed by atoms with van der Waals surface area (Å²) in [6.45, 7) is 0. The van der Waals surface area contributed by atoms with Gasteiger partial charge in [-0.15, -0.1) is 0 Å². The molecule has 6 heteroatoms. The summed E-state index contributed by atoms with van der Waals surface area (Å²) in [6.07, 6.45) is 2.98. The number of hydrogen-bond acceptors (Lipinski definition) is 4. The van der Waals surface area contributed by atoms with E-state index in [1.807, 2.05) is 0 Å². The Balaban J connectivity index is 2.34. The van der Waals surface area contributed by atoms with E-state index in [2.05, 4.69) is 25.9 Å². The minimum absolute atomic E-state index is 0.391. The van der Waals surface area contributed by atoms with Crippen LogP contribution in [0.15, 0.2) is 35.2 Å². The van der Waals surface area contributed by atoms with Crippen LogP contribution in [0.4, 0.5) is 5.69 Å². The Bertz CT molecular complexity index is 521. The van der Waals surface area contributed by atoms with E-state index in [-0.39, 0.29) is 0 Å². The molecule has 1 heterocycles. The van der Waals surface area contributed by atoms with Gasteiger partial charge < -0.3 is 10.5 Å². The minimum atomic E-state index is 0.391. The van der Waals surface area contributed by atoms with Gasteiger partial charge in [-0.25, -0.2) is 9.97 Å². The smallest absolute Gasteiger partial charge is 0.236 e. The summed E-state index contributed by atoms with van der Waals surface area (Å²) in [4.78, 5) is 7.80. The van der Waals surface area contributed by atoms with Gasteiger partial charge in [0.1, 0.15) is 12.1 Å². The van der Waals surface area contributed by atoms with Gasteiger partial charge >= 0.3 is 0 Å². The van der Waals surface area contributed by atoms with Gasteiger partial charge in [0.05, 0.1) is 9.50 Å². The zero-order chi connectivity index (χ0) is 11.5. The number of anilines is 1. The van der Waals surface area contributed by atoms with Gasteiger partial charge in [0.2, 0.25) is 5.88 Å². The van der Waals surface area contributed by atoms with Crippen molar-refractivity contribution in [3.8, 4) is 11.6 Å². The predicted molar refractivity (Wildman–Crippen MR) is 65.7 cm³/mol. The summed E-state index contributed by atoms with van der Waals surface area (Å²) in [5, 5.41) is 0.472. The predicted octanol–water partition coefficient (Wildman–Crippen LogP) is 3.27. The first kappa shape index (κ1) is 11.2. The second kappa shape index (κ2) is 4.67. The van der Waals surface area contributed by atoms with Crippen LogP contribution in [0.25, 0.3) is 0 Å². The zero-order valence-electron chi connectivity index (χ0n) is 8.02. The van der Waals surface area contributed by atoms with Crippen molar-refractivity contribution in [1.82, 2.24) is 9.97 Å². The van der Waals surface area contributed by atoms with Crippen LogP contribution in [-0.4, -0.2) is 9.97 Å². The maximum absolute atomic E-state index is 5.96. The first-order valence-corrected chi connectivity index (χ1v) is 5.52. The van der Waals surface area contributed by atoms with Crippen LogP contribution in [0.1, 0.15) is 0 Å². The summed E-state index contributed by atoms with van der Waals surface area (Å²) >= 11 is 9.23. The Morgan fingerprint density at radius 2 is 2.19 bits per heavy atom. The molecule has 0 aliphatic rings. The van der Waals surface area contributed by atoms with Gasteiger partial charge in [0.15, 0.2) is 0 Å². The Hall–Kier alpha value is -1.33. The quantitative estimate of drug-likeness (QED) is 0.865. The number of hydrogen-bond donors (Lipinski definition) is 1. The molecule has 0 saturated carbocycles. The van der Waals surface area contributed by atoms with E-state index in [9.17, 15) is 0 Å². The van der Waals surface area contributed by atoms with E-state index in [4.69, 9.17) is 22.1 Å². The van der Waals surface area contributed by atoms with E-state index in [1.165, 1.54) is 6.33 Å². The molecular formula is C10H7BrClN3O. The molecular weight excluding hydrogens is 293 g/mol. The molecule has 0 saturated heterocycles. The Labute approximate surface area is 106 Å². The lowest BCUT2D eigenvalue weighted by Crippen LogP contribution is -1.92. The van der Waals surface area contributed by atoms with Crippen LogP contribution in [0.3, 0.4) is 0 Å². The summed E-state index contributed by atoms with van der Waals surface area (Å²) in [7, 11) is 0. The number of nitrogen functional groups attached to an aromatic ring is 1. The molecule has 1 aromatic carbocycles. The standard InChI is InChI=1S/C10H7BrClN3O/c11-7-4-14-5-15-10(7)16-9-3-6(13)1-2-8(9)12/h1-5H,13H2. The normalized spacial score (nSPS) is 10.1. The molecule has 16 heavy (non-hydrogen) atoms. The number of ether oxygens (including phenoxy) is 1. The first-order valence-electron chi connectivity index (χ1n) is 4.35. The van der Waals surface area contributed by atoms with Crippen molar-refractivity contribution in [3.63, 3.8) is 0 Å². The zero-order valence-corrected chi connectivity index (χ0v) is 10.4. The third-order valence-corrected chi connectivity index (χ3v) is 2.65. The van der Waals surface area contributed by atoms with Crippen molar-refractivity contribution in [1.29, 1.82) is 0 Å². The summed E-state index contributed by atoms with van der Waals surface area (Å²) in [6, 6.07) is 5.00. The second-order valence-corrected chi connectivity index (χ2v) is 4.23. The topological polar surface area (TPSA) is 61.0 Å². The van der Waals surface area contributed by atoms with E-state index >= 15 is 0 Å². The largest absolute Gasteiger partial charge is 0.436 e. The fourth-order valence-corrected chi connectivity index (χ4v) is 1.54. The Morgan fingerprint density at radius 1 is 1.38 bits per heavy atom. The van der Waals surface area contributed by atoms with Crippen molar-refractivity contribution in [3.05, 3.63) is 40.2 Å². The molecule has 82 valence electrons. The molecule has 4 nitrogen and oxygen atoms in total. The summed E-state index contributed by atoms with van der Waals surface area (Å²) < 4.78 is 6.16. The third kappa shape index (κ3) is 2.43. The Kier molecular flexibility index (Phi) is 3.26. The van der Waals surface area contributed by atoms with Crippen molar-refractivity contribution in [2.45, 2.75) is 0 Å². The summed E-state index contributed by atoms with van der Waals surface area (Å²) in [5.74, 6) is 0.851. The van der Waals surface area contributed by atoms with E-state index in [0.717, 1.165) is 0 Å². The molecule has 0 fully saturated rings. The van der Waals surface area contributed by atoms with Crippen LogP contribution in [-0.2, 0) is 0 Å². The lowest BCUT2D eigenvalue weighted by molar-refractivity contribution is 0.458. The molecule has 1 aromatic heterocycles. The maximum Gasteiger partial charge on any atom is 0.236 e. The first-order chi connectivity index (χ1) is 7.66. The van der Waals surface area contributed by atoms with E-state index in [1.54, 1.807) is 24.4 Å². The molecule has 0 aliphatic carbocycles. The average Bonchev–Trinajstić information content (AvgIpc) is 2.27. The van der Waals surface area contributed by atoms with Crippen molar-refractivity contribution in [2.24, 2.45) is 0 Å². The van der Waals surface area contributed by atoms with Crippen LogP contribution in [0.2, 0.25) is 5.02 Å². The molecule has 2 aromatic rings. The second-order valence-electron chi connectivity index (χ2n) is 2.97. The Morgan fingerprint density at radius 3 is 2.94 bits per heavy atom. The number of aromatic nitrogens is 2. The molecule has 0 amide bonds. The number of halogens is 2. The van der Waals surface area contributed by atoms with Crippen molar-refractivity contribution >= 4 is 33.2 Å². The van der Waals surface area contributed by atoms with E-state index < -0.39 is 0 Å². The molecule has 0 aliphatic heterocycles. The highest BCUT2D eigenvalue weighted by Crippen LogP contribution is 2.32. The molecule has 2 N–H and O–H groups in total. The fourth-order valence-electron chi connectivity index (χ4n) is 1.08. The third-order valence-electron chi connectivity index (χ3n) is 1.80. The lowest BCUT2D eigenvalue weighted by atomic mass is 10.3. The van der Waals surface area contributed by atoms with Gasteiger partial charge in [-0.05, 0) is 28.1 Å². The van der Waals surface area contributed by atoms with Crippen LogP contribution in [0, 0.1) is 0 Å².